The number of nitrogens with zero attached hydrogens (tertiary/aromatic N) is 1. The normalized spacial score (nSPS) is 10.2. The van der Waals surface area contributed by atoms with E-state index in [1.54, 1.807) is 12.1 Å². The van der Waals surface area contributed by atoms with Gasteiger partial charge in [-0.3, -0.25) is 4.98 Å². The minimum absolute atomic E-state index is 0.0813. The van der Waals surface area contributed by atoms with Gasteiger partial charge in [0.05, 0.1) is 12.1 Å². The van der Waals surface area contributed by atoms with Crippen molar-refractivity contribution in [2.24, 2.45) is 0 Å². The lowest BCUT2D eigenvalue weighted by Gasteiger charge is -2.10. The molecule has 1 heterocycles. The molecule has 18 heavy (non-hydrogen) atoms. The first-order chi connectivity index (χ1) is 8.74. The van der Waals surface area contributed by atoms with Crippen LogP contribution in [-0.4, -0.2) is 22.7 Å². The van der Waals surface area contributed by atoms with Crippen LogP contribution < -0.4 is 4.74 Å². The molecule has 0 bridgehead atoms. The van der Waals surface area contributed by atoms with Crippen LogP contribution in [0.25, 0.3) is 10.9 Å². The Morgan fingerprint density at radius 3 is 2.94 bits per heavy atom. The predicted octanol–water partition coefficient (Wildman–Crippen LogP) is 2.89. The van der Waals surface area contributed by atoms with E-state index in [4.69, 9.17) is 9.84 Å². The molecule has 0 aliphatic carbocycles. The van der Waals surface area contributed by atoms with E-state index >= 15 is 0 Å². The van der Waals surface area contributed by atoms with Crippen molar-refractivity contribution >= 4 is 16.9 Å². The molecule has 0 unspecified atom stereocenters. The highest BCUT2D eigenvalue weighted by Crippen LogP contribution is 2.28. The van der Waals surface area contributed by atoms with Gasteiger partial charge in [-0.2, -0.15) is 0 Å². The number of aromatic carboxylic acids is 1. The number of pyridine rings is 1. The zero-order chi connectivity index (χ0) is 13.0. The number of fused-ring (bicyclic) bond motifs is 1. The highest BCUT2D eigenvalue weighted by atomic mass is 16.5. The molecule has 1 N–H and O–H groups in total. The van der Waals surface area contributed by atoms with Crippen LogP contribution in [0.2, 0.25) is 0 Å². The molecule has 0 saturated carbocycles. The first kappa shape index (κ1) is 12.1. The standard InChI is InChI=1S/C14H13NO3/c1-2-3-8-18-13-10-6-4-5-7-12(10)15-9-11(13)14(16)17/h2,4-7,9H,1,3,8H2,(H,16,17). The Morgan fingerprint density at radius 1 is 1.44 bits per heavy atom. The van der Waals surface area contributed by atoms with Crippen molar-refractivity contribution in [2.75, 3.05) is 6.61 Å². The number of carboxylic acid groups (broad SMARTS) is 1. The SMILES string of the molecule is C=CCCOc1c(C(=O)O)cnc2ccccc12. The minimum atomic E-state index is -1.04. The number of hydrogen-bond acceptors (Lipinski definition) is 3. The van der Waals surface area contributed by atoms with Crippen molar-refractivity contribution in [1.29, 1.82) is 0 Å². The number of hydrogen-bond donors (Lipinski definition) is 1. The molecule has 4 heteroatoms. The molecule has 0 spiro atoms. The van der Waals surface area contributed by atoms with Crippen molar-refractivity contribution in [2.45, 2.75) is 6.42 Å². The summed E-state index contributed by atoms with van der Waals surface area (Å²) in [5.74, 6) is -0.670. The van der Waals surface area contributed by atoms with Crippen LogP contribution in [0.5, 0.6) is 5.75 Å². The number of para-hydroxylation sites is 1. The monoisotopic (exact) mass is 243 g/mol. The fourth-order valence-corrected chi connectivity index (χ4v) is 1.67. The van der Waals surface area contributed by atoms with Crippen LogP contribution >= 0.6 is 0 Å². The van der Waals surface area contributed by atoms with Crippen LogP contribution in [0.4, 0.5) is 0 Å². The maximum atomic E-state index is 11.2. The zero-order valence-corrected chi connectivity index (χ0v) is 9.80. The summed E-state index contributed by atoms with van der Waals surface area (Å²) < 4.78 is 5.56. The molecule has 0 atom stereocenters. The Balaban J connectivity index is 2.51. The fraction of sp³-hybridized carbons (Fsp3) is 0.143. The summed E-state index contributed by atoms with van der Waals surface area (Å²) in [6, 6.07) is 7.30. The van der Waals surface area contributed by atoms with Crippen LogP contribution in [0.15, 0.2) is 43.1 Å². The third-order valence-corrected chi connectivity index (χ3v) is 2.52. The molecule has 0 radical (unpaired) electrons. The van der Waals surface area contributed by atoms with E-state index in [-0.39, 0.29) is 5.56 Å². The first-order valence-corrected chi connectivity index (χ1v) is 5.58. The average Bonchev–Trinajstić information content (AvgIpc) is 2.38. The Hall–Kier alpha value is -2.36. The summed E-state index contributed by atoms with van der Waals surface area (Å²) in [5.41, 5.74) is 0.800. The van der Waals surface area contributed by atoms with Gasteiger partial charge in [-0.1, -0.05) is 18.2 Å². The third-order valence-electron chi connectivity index (χ3n) is 2.52. The van der Waals surface area contributed by atoms with Gasteiger partial charge in [0.25, 0.3) is 0 Å². The Kier molecular flexibility index (Phi) is 3.57. The van der Waals surface area contributed by atoms with Crippen molar-refractivity contribution in [3.8, 4) is 5.75 Å². The minimum Gasteiger partial charge on any atom is -0.492 e. The molecule has 0 amide bonds. The molecule has 1 aromatic heterocycles. The maximum Gasteiger partial charge on any atom is 0.341 e. The van der Waals surface area contributed by atoms with Crippen LogP contribution in [0, 0.1) is 0 Å². The van der Waals surface area contributed by atoms with Gasteiger partial charge in [-0.15, -0.1) is 6.58 Å². The molecule has 2 rings (SSSR count). The highest BCUT2D eigenvalue weighted by molar-refractivity contribution is 5.98. The summed E-state index contributed by atoms with van der Waals surface area (Å²) in [7, 11) is 0. The van der Waals surface area contributed by atoms with Gasteiger partial charge in [-0.25, -0.2) is 4.79 Å². The summed E-state index contributed by atoms with van der Waals surface area (Å²) in [6.45, 7) is 4.00. The molecule has 2 aromatic rings. The highest BCUT2D eigenvalue weighted by Gasteiger charge is 2.15. The van der Waals surface area contributed by atoms with Gasteiger partial charge >= 0.3 is 5.97 Å². The number of ether oxygens (including phenoxy) is 1. The van der Waals surface area contributed by atoms with Crippen LogP contribution in [0.3, 0.4) is 0 Å². The molecule has 92 valence electrons. The lowest BCUT2D eigenvalue weighted by Crippen LogP contribution is -2.05. The molecule has 4 nitrogen and oxygen atoms in total. The van der Waals surface area contributed by atoms with Crippen molar-refractivity contribution in [3.05, 3.63) is 48.7 Å². The van der Waals surface area contributed by atoms with Gasteiger partial charge in [0, 0.05) is 11.6 Å². The van der Waals surface area contributed by atoms with E-state index in [9.17, 15) is 4.79 Å². The number of rotatable bonds is 5. The second-order valence-corrected chi connectivity index (χ2v) is 3.75. The predicted molar refractivity (Wildman–Crippen MR) is 69.0 cm³/mol. The first-order valence-electron chi connectivity index (χ1n) is 5.58. The quantitative estimate of drug-likeness (QED) is 0.648. The number of carbonyl (C=O) groups is 1. The largest absolute Gasteiger partial charge is 0.492 e. The van der Waals surface area contributed by atoms with E-state index in [2.05, 4.69) is 11.6 Å². The second kappa shape index (κ2) is 5.31. The topological polar surface area (TPSA) is 59.4 Å². The summed E-state index contributed by atoms with van der Waals surface area (Å²) >= 11 is 0. The molecule has 1 aromatic carbocycles. The Bertz CT molecular complexity index is 593. The van der Waals surface area contributed by atoms with E-state index in [1.807, 2.05) is 18.2 Å². The van der Waals surface area contributed by atoms with Crippen molar-refractivity contribution < 1.29 is 14.6 Å². The van der Waals surface area contributed by atoms with E-state index < -0.39 is 5.97 Å². The van der Waals surface area contributed by atoms with Gasteiger partial charge < -0.3 is 9.84 Å². The summed E-state index contributed by atoms with van der Waals surface area (Å²) in [6.07, 6.45) is 3.72. The second-order valence-electron chi connectivity index (χ2n) is 3.75. The van der Waals surface area contributed by atoms with Crippen molar-refractivity contribution in [1.82, 2.24) is 4.98 Å². The molecular weight excluding hydrogens is 230 g/mol. The molecular formula is C14H13NO3. The van der Waals surface area contributed by atoms with Gasteiger partial charge in [-0.05, 0) is 18.6 Å². The van der Waals surface area contributed by atoms with Crippen LogP contribution in [-0.2, 0) is 0 Å². The third kappa shape index (κ3) is 2.32. The van der Waals surface area contributed by atoms with Gasteiger partial charge in [0.2, 0.25) is 0 Å². The van der Waals surface area contributed by atoms with E-state index in [0.29, 0.717) is 24.2 Å². The van der Waals surface area contributed by atoms with Crippen LogP contribution in [0.1, 0.15) is 16.8 Å². The summed E-state index contributed by atoms with van der Waals surface area (Å²) in [5, 5.41) is 9.85. The fourth-order valence-electron chi connectivity index (χ4n) is 1.67. The zero-order valence-electron chi connectivity index (χ0n) is 9.80. The molecule has 0 saturated heterocycles. The Labute approximate surface area is 105 Å². The van der Waals surface area contributed by atoms with E-state index in [1.165, 1.54) is 6.20 Å². The Morgan fingerprint density at radius 2 is 2.22 bits per heavy atom. The lowest BCUT2D eigenvalue weighted by molar-refractivity contribution is 0.0692. The smallest absolute Gasteiger partial charge is 0.341 e. The van der Waals surface area contributed by atoms with E-state index in [0.717, 1.165) is 5.52 Å². The van der Waals surface area contributed by atoms with Gasteiger partial charge in [0.15, 0.2) is 0 Å². The summed E-state index contributed by atoms with van der Waals surface area (Å²) in [4.78, 5) is 15.3. The number of benzene rings is 1. The van der Waals surface area contributed by atoms with Crippen molar-refractivity contribution in [3.63, 3.8) is 0 Å². The molecule has 0 fully saturated rings. The number of aromatic nitrogens is 1. The number of carboxylic acids is 1. The average molecular weight is 243 g/mol. The van der Waals surface area contributed by atoms with Gasteiger partial charge in [0.1, 0.15) is 11.3 Å². The maximum absolute atomic E-state index is 11.2. The lowest BCUT2D eigenvalue weighted by atomic mass is 10.1. The molecule has 0 aliphatic rings. The molecule has 0 aliphatic heterocycles.